The summed E-state index contributed by atoms with van der Waals surface area (Å²) < 4.78 is 12.4. The average molecular weight is 470 g/mol. The number of amides is 2. The van der Waals surface area contributed by atoms with Crippen molar-refractivity contribution in [3.8, 4) is 0 Å². The van der Waals surface area contributed by atoms with Crippen LogP contribution in [0, 0.1) is 0 Å². The second-order valence-electron chi connectivity index (χ2n) is 9.53. The molecule has 5 nitrogen and oxygen atoms in total. The van der Waals surface area contributed by atoms with E-state index in [9.17, 15) is 9.59 Å². The van der Waals surface area contributed by atoms with E-state index < -0.39 is 23.3 Å². The quantitative estimate of drug-likeness (QED) is 0.324. The summed E-state index contributed by atoms with van der Waals surface area (Å²) in [5.41, 5.74) is 1.19. The molecule has 0 saturated heterocycles. The minimum absolute atomic E-state index is 0.0974. The lowest BCUT2D eigenvalue weighted by atomic mass is 9.80. The first kappa shape index (κ1) is 24.4. The molecule has 4 rings (SSSR count). The summed E-state index contributed by atoms with van der Waals surface area (Å²) in [4.78, 5) is 26.9. The fraction of sp³-hybridized carbons (Fsp3) is 0.267. The summed E-state index contributed by atoms with van der Waals surface area (Å²) >= 11 is 0. The normalized spacial score (nSPS) is 16.3. The molecule has 0 N–H and O–H groups in total. The lowest BCUT2D eigenvalue weighted by molar-refractivity contribution is -0.133. The molecule has 0 spiro atoms. The molecular weight excluding hydrogens is 438 g/mol. The number of ether oxygens (including phenoxy) is 2. The van der Waals surface area contributed by atoms with Gasteiger partial charge in [0, 0.05) is 6.42 Å². The van der Waals surface area contributed by atoms with Crippen LogP contribution in [0.4, 0.5) is 4.79 Å². The van der Waals surface area contributed by atoms with Crippen LogP contribution in [0.2, 0.25) is 0 Å². The van der Waals surface area contributed by atoms with Crippen LogP contribution in [0.5, 0.6) is 0 Å². The third-order valence-corrected chi connectivity index (χ3v) is 5.85. The van der Waals surface area contributed by atoms with E-state index >= 15 is 0 Å². The molecule has 180 valence electrons. The standard InChI is InChI=1S/C30H31NO4/c1-29(2,3)35-28(33)31-26(20-13-21-27(31)32)22-34-30(23-14-7-4-8-15-23,24-16-9-5-10-17-24)25-18-11-6-12-19-25/h4-20,26H,21-22H2,1-3H3/t26-/m1/s1. The van der Waals surface area contributed by atoms with Gasteiger partial charge in [0.15, 0.2) is 0 Å². The molecule has 2 amide bonds. The zero-order chi connectivity index (χ0) is 24.9. The lowest BCUT2D eigenvalue weighted by Crippen LogP contribution is -2.50. The Balaban J connectivity index is 1.77. The molecule has 0 bridgehead atoms. The first-order valence-electron chi connectivity index (χ1n) is 11.8. The van der Waals surface area contributed by atoms with E-state index in [-0.39, 0.29) is 18.9 Å². The van der Waals surface area contributed by atoms with Crippen molar-refractivity contribution in [1.29, 1.82) is 0 Å². The van der Waals surface area contributed by atoms with Gasteiger partial charge in [-0.15, -0.1) is 0 Å². The number of carbonyl (C=O) groups excluding carboxylic acids is 2. The van der Waals surface area contributed by atoms with Crippen LogP contribution in [0.15, 0.2) is 103 Å². The molecule has 0 aromatic heterocycles. The maximum Gasteiger partial charge on any atom is 0.417 e. The minimum atomic E-state index is -0.947. The minimum Gasteiger partial charge on any atom is -0.443 e. The molecule has 0 unspecified atom stereocenters. The van der Waals surface area contributed by atoms with Crippen molar-refractivity contribution in [2.45, 2.75) is 44.4 Å². The van der Waals surface area contributed by atoms with Gasteiger partial charge in [0.2, 0.25) is 5.91 Å². The first-order valence-corrected chi connectivity index (χ1v) is 11.8. The van der Waals surface area contributed by atoms with E-state index in [1.807, 2.05) is 97.1 Å². The number of nitrogens with zero attached hydrogens (tertiary/aromatic N) is 1. The largest absolute Gasteiger partial charge is 0.443 e. The highest BCUT2D eigenvalue weighted by Gasteiger charge is 2.40. The molecule has 0 fully saturated rings. The second-order valence-corrected chi connectivity index (χ2v) is 9.53. The van der Waals surface area contributed by atoms with Gasteiger partial charge in [-0.1, -0.05) is 103 Å². The van der Waals surface area contributed by atoms with Crippen LogP contribution in [0.25, 0.3) is 0 Å². The van der Waals surface area contributed by atoms with Crippen molar-refractivity contribution in [1.82, 2.24) is 4.90 Å². The molecule has 1 atom stereocenters. The maximum atomic E-state index is 13.0. The highest BCUT2D eigenvalue weighted by atomic mass is 16.6. The number of hydrogen-bond donors (Lipinski definition) is 0. The van der Waals surface area contributed by atoms with Crippen LogP contribution >= 0.6 is 0 Å². The summed E-state index contributed by atoms with van der Waals surface area (Å²) in [6, 6.07) is 29.4. The molecule has 0 aliphatic carbocycles. The van der Waals surface area contributed by atoms with Crippen LogP contribution in [-0.4, -0.2) is 35.2 Å². The summed E-state index contributed by atoms with van der Waals surface area (Å²) in [5.74, 6) is -0.305. The first-order chi connectivity index (χ1) is 16.8. The number of rotatable bonds is 6. The Morgan fingerprint density at radius 1 is 0.829 bits per heavy atom. The monoisotopic (exact) mass is 469 g/mol. The predicted octanol–water partition coefficient (Wildman–Crippen LogP) is 6.09. The SMILES string of the molecule is CC(C)(C)OC(=O)N1C(=O)CC=C[C@@H]1COC(c1ccccc1)(c1ccccc1)c1ccccc1. The summed E-state index contributed by atoms with van der Waals surface area (Å²) in [5, 5.41) is 0. The summed E-state index contributed by atoms with van der Waals surface area (Å²) in [7, 11) is 0. The van der Waals surface area contributed by atoms with Crippen molar-refractivity contribution in [3.05, 3.63) is 120 Å². The molecule has 3 aromatic rings. The zero-order valence-electron chi connectivity index (χ0n) is 20.4. The third kappa shape index (κ3) is 5.36. The Kier molecular flexibility index (Phi) is 7.17. The van der Waals surface area contributed by atoms with Gasteiger partial charge in [-0.2, -0.15) is 0 Å². The van der Waals surface area contributed by atoms with Crippen molar-refractivity contribution >= 4 is 12.0 Å². The topological polar surface area (TPSA) is 55.8 Å². The molecule has 0 saturated carbocycles. The molecule has 1 aliphatic heterocycles. The second kappa shape index (κ2) is 10.3. The molecule has 0 radical (unpaired) electrons. The van der Waals surface area contributed by atoms with Gasteiger partial charge in [0.1, 0.15) is 11.2 Å². The van der Waals surface area contributed by atoms with Crippen LogP contribution in [0.1, 0.15) is 43.9 Å². The zero-order valence-corrected chi connectivity index (χ0v) is 20.4. The Morgan fingerprint density at radius 2 is 1.29 bits per heavy atom. The lowest BCUT2D eigenvalue weighted by Gasteiger charge is -2.39. The number of benzene rings is 3. The van der Waals surface area contributed by atoms with Gasteiger partial charge in [0.05, 0.1) is 12.6 Å². The van der Waals surface area contributed by atoms with Crippen LogP contribution < -0.4 is 0 Å². The number of carbonyl (C=O) groups is 2. The van der Waals surface area contributed by atoms with E-state index in [1.54, 1.807) is 26.8 Å². The van der Waals surface area contributed by atoms with Crippen LogP contribution in [-0.2, 0) is 19.9 Å². The predicted molar refractivity (Wildman–Crippen MR) is 136 cm³/mol. The van der Waals surface area contributed by atoms with Crippen molar-refractivity contribution < 1.29 is 19.1 Å². The van der Waals surface area contributed by atoms with Gasteiger partial charge in [-0.25, -0.2) is 9.69 Å². The third-order valence-electron chi connectivity index (χ3n) is 5.85. The molecule has 35 heavy (non-hydrogen) atoms. The van der Waals surface area contributed by atoms with E-state index in [2.05, 4.69) is 0 Å². The fourth-order valence-corrected chi connectivity index (χ4v) is 4.35. The van der Waals surface area contributed by atoms with Gasteiger partial charge in [-0.05, 0) is 37.5 Å². The van der Waals surface area contributed by atoms with E-state index in [0.29, 0.717) is 0 Å². The average Bonchev–Trinajstić information content (AvgIpc) is 2.85. The van der Waals surface area contributed by atoms with Crippen LogP contribution in [0.3, 0.4) is 0 Å². The fourth-order valence-electron chi connectivity index (χ4n) is 4.35. The molecular formula is C30H31NO4. The Bertz CT molecular complexity index is 1070. The van der Waals surface area contributed by atoms with Crippen molar-refractivity contribution in [2.75, 3.05) is 6.61 Å². The number of imide groups is 1. The number of hydrogen-bond acceptors (Lipinski definition) is 4. The van der Waals surface area contributed by atoms with E-state index in [0.717, 1.165) is 16.7 Å². The summed E-state index contributed by atoms with van der Waals surface area (Å²) in [6.45, 7) is 5.45. The summed E-state index contributed by atoms with van der Waals surface area (Å²) in [6.07, 6.45) is 3.12. The molecule has 1 aliphatic rings. The van der Waals surface area contributed by atoms with Gasteiger partial charge in [-0.3, -0.25) is 4.79 Å². The Morgan fingerprint density at radius 3 is 1.71 bits per heavy atom. The van der Waals surface area contributed by atoms with Gasteiger partial charge < -0.3 is 9.47 Å². The van der Waals surface area contributed by atoms with Crippen molar-refractivity contribution in [2.24, 2.45) is 0 Å². The van der Waals surface area contributed by atoms with Gasteiger partial charge in [0.25, 0.3) is 0 Å². The molecule has 3 aromatic carbocycles. The Hall–Kier alpha value is -3.70. The molecule has 1 heterocycles. The molecule has 5 heteroatoms. The Labute approximate surface area is 207 Å². The van der Waals surface area contributed by atoms with E-state index in [1.165, 1.54) is 4.90 Å². The van der Waals surface area contributed by atoms with E-state index in [4.69, 9.17) is 9.47 Å². The van der Waals surface area contributed by atoms with Crippen molar-refractivity contribution in [3.63, 3.8) is 0 Å². The smallest absolute Gasteiger partial charge is 0.417 e. The highest BCUT2D eigenvalue weighted by Crippen LogP contribution is 2.40. The highest BCUT2D eigenvalue weighted by molar-refractivity contribution is 5.94. The van der Waals surface area contributed by atoms with Gasteiger partial charge >= 0.3 is 6.09 Å². The maximum absolute atomic E-state index is 13.0.